The van der Waals surface area contributed by atoms with Crippen molar-refractivity contribution in [3.05, 3.63) is 41.2 Å². The van der Waals surface area contributed by atoms with Gasteiger partial charge in [0.2, 0.25) is 0 Å². The van der Waals surface area contributed by atoms with Gasteiger partial charge in [0.25, 0.3) is 5.91 Å². The molecule has 0 saturated carbocycles. The molecular formula is C15H18ClN3O. The summed E-state index contributed by atoms with van der Waals surface area (Å²) in [5, 5.41) is 4.96. The highest BCUT2D eigenvalue weighted by atomic mass is 35.5. The van der Waals surface area contributed by atoms with Crippen LogP contribution in [0.5, 0.6) is 0 Å². The zero-order chi connectivity index (χ0) is 14.7. The fourth-order valence-corrected chi connectivity index (χ4v) is 2.07. The predicted molar refractivity (Wildman–Crippen MR) is 82.2 cm³/mol. The van der Waals surface area contributed by atoms with Gasteiger partial charge in [-0.3, -0.25) is 4.79 Å². The van der Waals surface area contributed by atoms with E-state index in [-0.39, 0.29) is 11.9 Å². The average Bonchev–Trinajstić information content (AvgIpc) is 2.45. The molecule has 4 nitrogen and oxygen atoms in total. The second-order valence-corrected chi connectivity index (χ2v) is 5.39. The van der Waals surface area contributed by atoms with Crippen molar-refractivity contribution in [1.29, 1.82) is 0 Å². The Morgan fingerprint density at radius 3 is 2.65 bits per heavy atom. The number of carbonyl (C=O) groups is 1. The van der Waals surface area contributed by atoms with Gasteiger partial charge in [-0.05, 0) is 26.4 Å². The van der Waals surface area contributed by atoms with Crippen molar-refractivity contribution < 1.29 is 4.79 Å². The van der Waals surface area contributed by atoms with Gasteiger partial charge in [-0.15, -0.1) is 0 Å². The van der Waals surface area contributed by atoms with E-state index < -0.39 is 0 Å². The van der Waals surface area contributed by atoms with Crippen molar-refractivity contribution in [1.82, 2.24) is 15.2 Å². The van der Waals surface area contributed by atoms with Gasteiger partial charge < -0.3 is 10.2 Å². The number of likely N-dealkylation sites (N-methyl/N-ethyl adjacent to an activating group) is 1. The van der Waals surface area contributed by atoms with Gasteiger partial charge in [0, 0.05) is 24.2 Å². The maximum atomic E-state index is 12.3. The number of benzene rings is 1. The third-order valence-corrected chi connectivity index (χ3v) is 3.73. The molecule has 0 fully saturated rings. The lowest BCUT2D eigenvalue weighted by molar-refractivity contribution is 0.0945. The Balaban J connectivity index is 2.25. The molecule has 1 aromatic carbocycles. The van der Waals surface area contributed by atoms with Crippen LogP contribution in [0.4, 0.5) is 0 Å². The smallest absolute Gasteiger partial charge is 0.253 e. The molecule has 0 aliphatic carbocycles. The summed E-state index contributed by atoms with van der Waals surface area (Å²) in [6.45, 7) is 2.64. The maximum absolute atomic E-state index is 12.3. The number of aromatic nitrogens is 1. The minimum absolute atomic E-state index is 0.126. The van der Waals surface area contributed by atoms with Crippen LogP contribution in [0.15, 0.2) is 30.5 Å². The first kappa shape index (κ1) is 14.8. The zero-order valence-electron chi connectivity index (χ0n) is 11.9. The molecule has 2 rings (SSSR count). The first-order valence-corrected chi connectivity index (χ1v) is 6.86. The highest BCUT2D eigenvalue weighted by molar-refractivity contribution is 6.34. The molecule has 1 unspecified atom stereocenters. The lowest BCUT2D eigenvalue weighted by Crippen LogP contribution is -2.38. The topological polar surface area (TPSA) is 45.2 Å². The number of carbonyl (C=O) groups excluding carboxylic acids is 1. The molecule has 0 bridgehead atoms. The van der Waals surface area contributed by atoms with Crippen LogP contribution in [-0.2, 0) is 0 Å². The number of halogens is 1. The molecule has 1 aromatic heterocycles. The van der Waals surface area contributed by atoms with Crippen molar-refractivity contribution >= 4 is 28.3 Å². The Kier molecular flexibility index (Phi) is 4.57. The molecule has 0 radical (unpaired) electrons. The van der Waals surface area contributed by atoms with Crippen LogP contribution in [-0.4, -0.2) is 42.5 Å². The molecule has 1 amide bonds. The van der Waals surface area contributed by atoms with E-state index in [0.29, 0.717) is 17.3 Å². The monoisotopic (exact) mass is 291 g/mol. The lowest BCUT2D eigenvalue weighted by atomic mass is 10.1. The van der Waals surface area contributed by atoms with E-state index in [2.05, 4.69) is 22.1 Å². The number of rotatable bonds is 4. The summed E-state index contributed by atoms with van der Waals surface area (Å²) in [5.41, 5.74) is 0.552. The molecule has 0 saturated heterocycles. The van der Waals surface area contributed by atoms with Crippen molar-refractivity contribution in [2.75, 3.05) is 20.6 Å². The number of amides is 1. The SMILES string of the molecule is CC(CNC(=O)c1cnc(Cl)c2ccccc12)N(C)C. The van der Waals surface area contributed by atoms with Gasteiger partial charge in [0.1, 0.15) is 5.15 Å². The van der Waals surface area contributed by atoms with Gasteiger partial charge in [-0.1, -0.05) is 35.9 Å². The normalized spacial score (nSPS) is 12.7. The number of hydrogen-bond donors (Lipinski definition) is 1. The third-order valence-electron chi connectivity index (χ3n) is 3.43. The average molecular weight is 292 g/mol. The second kappa shape index (κ2) is 6.20. The molecule has 1 atom stereocenters. The summed E-state index contributed by atoms with van der Waals surface area (Å²) >= 11 is 6.05. The minimum Gasteiger partial charge on any atom is -0.350 e. The molecule has 5 heteroatoms. The molecule has 0 aliphatic heterocycles. The van der Waals surface area contributed by atoms with E-state index in [1.807, 2.05) is 38.4 Å². The Morgan fingerprint density at radius 1 is 1.35 bits per heavy atom. The Morgan fingerprint density at radius 2 is 2.00 bits per heavy atom. The first-order valence-electron chi connectivity index (χ1n) is 6.48. The minimum atomic E-state index is -0.126. The molecule has 0 aliphatic rings. The fraction of sp³-hybridized carbons (Fsp3) is 0.333. The summed E-state index contributed by atoms with van der Waals surface area (Å²) < 4.78 is 0. The summed E-state index contributed by atoms with van der Waals surface area (Å²) in [5.74, 6) is -0.126. The largest absolute Gasteiger partial charge is 0.350 e. The standard InChI is InChI=1S/C15H18ClN3O/c1-10(19(2)3)8-18-15(20)13-9-17-14(16)12-7-5-4-6-11(12)13/h4-7,9-10H,8H2,1-3H3,(H,18,20). The van der Waals surface area contributed by atoms with Crippen LogP contribution in [0.1, 0.15) is 17.3 Å². The number of nitrogens with one attached hydrogen (secondary N) is 1. The Labute approximate surface area is 123 Å². The van der Waals surface area contributed by atoms with Crippen LogP contribution < -0.4 is 5.32 Å². The lowest BCUT2D eigenvalue weighted by Gasteiger charge is -2.20. The van der Waals surface area contributed by atoms with E-state index in [1.165, 1.54) is 6.20 Å². The number of nitrogens with zero attached hydrogens (tertiary/aromatic N) is 2. The van der Waals surface area contributed by atoms with Gasteiger partial charge in [0.15, 0.2) is 0 Å². The van der Waals surface area contributed by atoms with Gasteiger partial charge >= 0.3 is 0 Å². The number of hydrogen-bond acceptors (Lipinski definition) is 3. The van der Waals surface area contributed by atoms with E-state index in [1.54, 1.807) is 0 Å². The van der Waals surface area contributed by atoms with Crippen LogP contribution in [0.25, 0.3) is 10.8 Å². The van der Waals surface area contributed by atoms with Crippen molar-refractivity contribution in [3.63, 3.8) is 0 Å². The van der Waals surface area contributed by atoms with Crippen LogP contribution in [0.3, 0.4) is 0 Å². The fourth-order valence-electron chi connectivity index (χ4n) is 1.86. The quantitative estimate of drug-likeness (QED) is 0.881. The van der Waals surface area contributed by atoms with E-state index in [9.17, 15) is 4.79 Å². The number of pyridine rings is 1. The Hall–Kier alpha value is -1.65. The molecule has 2 aromatic rings. The summed E-state index contributed by atoms with van der Waals surface area (Å²) in [7, 11) is 3.96. The summed E-state index contributed by atoms with van der Waals surface area (Å²) in [6.07, 6.45) is 1.53. The van der Waals surface area contributed by atoms with Crippen molar-refractivity contribution in [2.45, 2.75) is 13.0 Å². The molecular weight excluding hydrogens is 274 g/mol. The zero-order valence-corrected chi connectivity index (χ0v) is 12.6. The molecule has 1 N–H and O–H groups in total. The molecule has 20 heavy (non-hydrogen) atoms. The molecule has 106 valence electrons. The highest BCUT2D eigenvalue weighted by Gasteiger charge is 2.13. The van der Waals surface area contributed by atoms with Crippen LogP contribution in [0.2, 0.25) is 5.15 Å². The molecule has 0 spiro atoms. The Bertz CT molecular complexity index is 628. The summed E-state index contributed by atoms with van der Waals surface area (Å²) in [4.78, 5) is 18.4. The van der Waals surface area contributed by atoms with Crippen molar-refractivity contribution in [3.8, 4) is 0 Å². The first-order chi connectivity index (χ1) is 9.50. The molecule has 1 heterocycles. The van der Waals surface area contributed by atoms with Gasteiger partial charge in [0.05, 0.1) is 5.56 Å². The van der Waals surface area contributed by atoms with Crippen LogP contribution in [0, 0.1) is 0 Å². The predicted octanol–water partition coefficient (Wildman–Crippen LogP) is 2.57. The second-order valence-electron chi connectivity index (χ2n) is 5.03. The van der Waals surface area contributed by atoms with Gasteiger partial charge in [-0.25, -0.2) is 4.98 Å². The van der Waals surface area contributed by atoms with Crippen molar-refractivity contribution in [2.24, 2.45) is 0 Å². The third kappa shape index (κ3) is 3.08. The van der Waals surface area contributed by atoms with E-state index in [0.717, 1.165) is 10.8 Å². The van der Waals surface area contributed by atoms with Crippen LogP contribution >= 0.6 is 11.6 Å². The number of fused-ring (bicyclic) bond motifs is 1. The maximum Gasteiger partial charge on any atom is 0.253 e. The highest BCUT2D eigenvalue weighted by Crippen LogP contribution is 2.24. The van der Waals surface area contributed by atoms with Gasteiger partial charge in [-0.2, -0.15) is 0 Å². The van der Waals surface area contributed by atoms with E-state index in [4.69, 9.17) is 11.6 Å². The van der Waals surface area contributed by atoms with E-state index >= 15 is 0 Å². The summed E-state index contributed by atoms with van der Waals surface area (Å²) in [6, 6.07) is 7.78.